The van der Waals surface area contributed by atoms with Crippen LogP contribution in [0.3, 0.4) is 0 Å². The van der Waals surface area contributed by atoms with E-state index in [0.29, 0.717) is 28.8 Å². The van der Waals surface area contributed by atoms with Gasteiger partial charge in [-0.2, -0.15) is 0 Å². The molecule has 2 aliphatic heterocycles. The maximum Gasteiger partial charge on any atom is 0.295 e. The Kier molecular flexibility index (Phi) is 5.15. The summed E-state index contributed by atoms with van der Waals surface area (Å²) in [6.07, 6.45) is 2.86. The van der Waals surface area contributed by atoms with Crippen LogP contribution in [-0.4, -0.2) is 35.0 Å². The lowest BCUT2D eigenvalue weighted by Gasteiger charge is -2.40. The number of fused-ring (bicyclic) bond motifs is 1. The molecule has 1 N–H and O–H groups in total. The molecule has 0 spiro atoms. The van der Waals surface area contributed by atoms with Crippen LogP contribution in [0, 0.1) is 24.7 Å². The van der Waals surface area contributed by atoms with Gasteiger partial charge in [-0.15, -0.1) is 0 Å². The molecule has 5 atom stereocenters. The zero-order valence-electron chi connectivity index (χ0n) is 19.2. The van der Waals surface area contributed by atoms with Crippen molar-refractivity contribution in [2.45, 2.75) is 45.8 Å². The Morgan fingerprint density at radius 3 is 2.61 bits per heavy atom. The number of Topliss-reactive ketones (excluding diaryl/α,β-unsaturated/α-hetero) is 1. The molecule has 1 aromatic carbocycles. The summed E-state index contributed by atoms with van der Waals surface area (Å²) in [6, 6.07) is 7.86. The van der Waals surface area contributed by atoms with E-state index >= 15 is 0 Å². The molecule has 172 valence electrons. The Morgan fingerprint density at radius 1 is 1.12 bits per heavy atom. The lowest BCUT2D eigenvalue weighted by atomic mass is 9.70. The second kappa shape index (κ2) is 7.90. The van der Waals surface area contributed by atoms with Crippen LogP contribution < -0.4 is 9.64 Å². The van der Waals surface area contributed by atoms with Gasteiger partial charge in [-0.3, -0.25) is 14.5 Å². The summed E-state index contributed by atoms with van der Waals surface area (Å²) >= 11 is 0. The van der Waals surface area contributed by atoms with Crippen molar-refractivity contribution < 1.29 is 24.2 Å². The van der Waals surface area contributed by atoms with E-state index in [-0.39, 0.29) is 41.0 Å². The molecule has 33 heavy (non-hydrogen) atoms. The maximum absolute atomic E-state index is 13.9. The number of phenols is 1. The number of hydrogen-bond acceptors (Lipinski definition) is 6. The number of aryl methyl sites for hydroxylation is 1. The molecule has 5 rings (SSSR count). The molecular weight excluding hydrogens is 420 g/mol. The Hall–Kier alpha value is -3.35. The van der Waals surface area contributed by atoms with Crippen LogP contribution in [-0.2, 0) is 14.3 Å². The first-order valence-electron chi connectivity index (χ1n) is 11.4. The van der Waals surface area contributed by atoms with Crippen LogP contribution in [0.15, 0.2) is 47.9 Å². The third-order valence-corrected chi connectivity index (χ3v) is 7.38. The van der Waals surface area contributed by atoms with E-state index in [1.807, 2.05) is 19.1 Å². The Labute approximate surface area is 193 Å². The van der Waals surface area contributed by atoms with Crippen molar-refractivity contribution >= 4 is 17.5 Å². The van der Waals surface area contributed by atoms with Gasteiger partial charge in [0.15, 0.2) is 23.0 Å². The van der Waals surface area contributed by atoms with Gasteiger partial charge in [0.2, 0.25) is 0 Å². The summed E-state index contributed by atoms with van der Waals surface area (Å²) in [5.41, 5.74) is 1.97. The topological polar surface area (TPSA) is 89.0 Å². The quantitative estimate of drug-likeness (QED) is 0.761. The molecule has 2 aromatic rings. The highest BCUT2D eigenvalue weighted by Gasteiger charge is 2.54. The van der Waals surface area contributed by atoms with Crippen molar-refractivity contribution in [1.82, 2.24) is 4.98 Å². The number of anilines is 1. The van der Waals surface area contributed by atoms with E-state index < -0.39 is 6.04 Å². The minimum Gasteiger partial charge on any atom is -0.504 e. The van der Waals surface area contributed by atoms with Crippen molar-refractivity contribution in [2.75, 3.05) is 12.0 Å². The number of phenolic OH excluding ortho intramolecular Hbond substituents is 1. The minimum atomic E-state index is -0.709. The predicted octanol–water partition coefficient (Wildman–Crippen LogP) is 4.10. The lowest BCUT2D eigenvalue weighted by molar-refractivity contribution is -0.134. The van der Waals surface area contributed by atoms with Gasteiger partial charge in [0.25, 0.3) is 5.91 Å². The molecule has 1 fully saturated rings. The summed E-state index contributed by atoms with van der Waals surface area (Å²) in [5.74, 6) is 1.00. The van der Waals surface area contributed by atoms with Crippen molar-refractivity contribution in [3.05, 3.63) is 59.0 Å². The van der Waals surface area contributed by atoms with Gasteiger partial charge in [-0.05, 0) is 67.0 Å². The van der Waals surface area contributed by atoms with Crippen LogP contribution in [0.25, 0.3) is 0 Å². The number of pyridine rings is 1. The van der Waals surface area contributed by atoms with E-state index in [1.165, 1.54) is 18.1 Å². The first kappa shape index (κ1) is 21.5. The van der Waals surface area contributed by atoms with Crippen molar-refractivity contribution in [2.24, 2.45) is 17.8 Å². The Bertz CT molecular complexity index is 1170. The number of carbonyl (C=O) groups excluding carboxylic acids is 2. The van der Waals surface area contributed by atoms with Crippen LogP contribution >= 0.6 is 0 Å². The Morgan fingerprint density at radius 2 is 1.88 bits per heavy atom. The second-order valence-corrected chi connectivity index (χ2v) is 9.50. The van der Waals surface area contributed by atoms with Gasteiger partial charge >= 0.3 is 0 Å². The smallest absolute Gasteiger partial charge is 0.295 e. The van der Waals surface area contributed by atoms with Crippen LogP contribution in [0.5, 0.6) is 11.5 Å². The number of aromatic hydroxyl groups is 1. The highest BCUT2D eigenvalue weighted by Crippen LogP contribution is 2.50. The van der Waals surface area contributed by atoms with E-state index in [1.54, 1.807) is 18.3 Å². The molecule has 1 aromatic heterocycles. The minimum absolute atomic E-state index is 0.0126. The number of nitrogens with zero attached hydrogens (tertiary/aromatic N) is 2. The number of aromatic nitrogens is 1. The molecule has 3 heterocycles. The molecule has 0 bridgehead atoms. The van der Waals surface area contributed by atoms with Gasteiger partial charge < -0.3 is 14.6 Å². The monoisotopic (exact) mass is 448 g/mol. The summed E-state index contributed by atoms with van der Waals surface area (Å²) in [7, 11) is 1.47. The zero-order chi connectivity index (χ0) is 23.4. The van der Waals surface area contributed by atoms with E-state index in [9.17, 15) is 14.7 Å². The Balaban J connectivity index is 1.66. The van der Waals surface area contributed by atoms with Crippen molar-refractivity contribution in [3.8, 4) is 11.5 Å². The number of methoxy groups -OCH3 is 1. The SMILES string of the molecule is COc1cc(C2C3=C(OC4CC(C)C(C)CC4C3=O)C(=O)N2c2cc(C)ccn2)ccc1O. The number of ketones is 1. The number of benzene rings is 1. The van der Waals surface area contributed by atoms with Gasteiger partial charge in [-0.1, -0.05) is 19.9 Å². The molecule has 5 unspecified atom stereocenters. The molecule has 7 heteroatoms. The molecule has 3 aliphatic rings. The van der Waals surface area contributed by atoms with Crippen LogP contribution in [0.1, 0.15) is 43.9 Å². The van der Waals surface area contributed by atoms with Crippen LogP contribution in [0.4, 0.5) is 5.82 Å². The molecular formula is C26H28N2O5. The molecule has 7 nitrogen and oxygen atoms in total. The van der Waals surface area contributed by atoms with E-state index in [4.69, 9.17) is 9.47 Å². The number of carbonyl (C=O) groups is 2. The molecule has 0 saturated heterocycles. The number of hydrogen-bond donors (Lipinski definition) is 1. The van der Waals surface area contributed by atoms with Gasteiger partial charge in [0.1, 0.15) is 11.9 Å². The summed E-state index contributed by atoms with van der Waals surface area (Å²) < 4.78 is 11.6. The molecule has 1 saturated carbocycles. The normalized spacial score (nSPS) is 29.0. The van der Waals surface area contributed by atoms with Gasteiger partial charge in [0, 0.05) is 6.20 Å². The summed E-state index contributed by atoms with van der Waals surface area (Å²) in [4.78, 5) is 33.5. The number of amides is 1. The average molecular weight is 449 g/mol. The van der Waals surface area contributed by atoms with E-state index in [0.717, 1.165) is 18.4 Å². The van der Waals surface area contributed by atoms with Crippen molar-refractivity contribution in [3.63, 3.8) is 0 Å². The predicted molar refractivity (Wildman–Crippen MR) is 122 cm³/mol. The fraction of sp³-hybridized carbons (Fsp3) is 0.423. The lowest BCUT2D eigenvalue weighted by Crippen LogP contribution is -2.43. The second-order valence-electron chi connectivity index (χ2n) is 9.50. The average Bonchev–Trinajstić information content (AvgIpc) is 3.08. The number of rotatable bonds is 3. The molecule has 1 amide bonds. The first-order chi connectivity index (χ1) is 15.8. The highest BCUT2D eigenvalue weighted by atomic mass is 16.5. The third kappa shape index (κ3) is 3.37. The molecule has 0 radical (unpaired) electrons. The highest BCUT2D eigenvalue weighted by molar-refractivity contribution is 6.17. The fourth-order valence-corrected chi connectivity index (χ4v) is 5.33. The van der Waals surface area contributed by atoms with E-state index in [2.05, 4.69) is 18.8 Å². The summed E-state index contributed by atoms with van der Waals surface area (Å²) in [6.45, 7) is 6.27. The fourth-order valence-electron chi connectivity index (χ4n) is 5.33. The molecule has 1 aliphatic carbocycles. The summed E-state index contributed by atoms with van der Waals surface area (Å²) in [5, 5.41) is 10.1. The van der Waals surface area contributed by atoms with Crippen molar-refractivity contribution in [1.29, 1.82) is 0 Å². The zero-order valence-corrected chi connectivity index (χ0v) is 19.2. The number of ether oxygens (including phenoxy) is 2. The maximum atomic E-state index is 13.9. The first-order valence-corrected chi connectivity index (χ1v) is 11.4. The largest absolute Gasteiger partial charge is 0.504 e. The van der Waals surface area contributed by atoms with Gasteiger partial charge in [-0.25, -0.2) is 4.98 Å². The van der Waals surface area contributed by atoms with Crippen LogP contribution in [0.2, 0.25) is 0 Å². The van der Waals surface area contributed by atoms with Gasteiger partial charge in [0.05, 0.1) is 24.6 Å². The third-order valence-electron chi connectivity index (χ3n) is 7.38. The standard InChI is InChI=1S/C26H28N2O5/c1-13-7-8-27-21(9-13)28-23(16-5-6-18(29)20(12-16)32-4)22-24(30)17-10-14(2)15(3)11-19(17)33-25(22)26(28)31/h5-9,12,14-15,17,19,23,29H,10-11H2,1-4H3.